The minimum atomic E-state index is -0.676. The summed E-state index contributed by atoms with van der Waals surface area (Å²) in [5, 5.41) is 15.8. The van der Waals surface area contributed by atoms with Gasteiger partial charge in [0, 0.05) is 42.5 Å². The largest absolute Gasteiger partial charge is 0.390 e. The topological polar surface area (TPSA) is 89.4 Å². The van der Waals surface area contributed by atoms with E-state index in [0.717, 1.165) is 77.2 Å². The summed E-state index contributed by atoms with van der Waals surface area (Å²) in [4.78, 5) is 8.66. The summed E-state index contributed by atoms with van der Waals surface area (Å²) in [5.41, 5.74) is 10.7. The molecular formula is C29H33N5O2S. The second-order valence-electron chi connectivity index (χ2n) is 10.6. The Morgan fingerprint density at radius 2 is 1.70 bits per heavy atom. The molecule has 1 saturated carbocycles. The molecule has 1 aliphatic heterocycles. The van der Waals surface area contributed by atoms with Gasteiger partial charge in [0.15, 0.2) is 0 Å². The van der Waals surface area contributed by atoms with Crippen molar-refractivity contribution in [3.63, 3.8) is 0 Å². The second-order valence-corrected chi connectivity index (χ2v) is 11.6. The van der Waals surface area contributed by atoms with E-state index < -0.39 is 11.1 Å². The van der Waals surface area contributed by atoms with Crippen LogP contribution in [-0.4, -0.2) is 63.2 Å². The average molecular weight is 516 g/mol. The van der Waals surface area contributed by atoms with Crippen molar-refractivity contribution in [2.75, 3.05) is 32.8 Å². The van der Waals surface area contributed by atoms with Gasteiger partial charge in [-0.25, -0.2) is 4.98 Å². The lowest BCUT2D eigenvalue weighted by atomic mass is 9.63. The third-order valence-corrected chi connectivity index (χ3v) is 8.57. The van der Waals surface area contributed by atoms with Gasteiger partial charge >= 0.3 is 0 Å². The molecular weight excluding hydrogens is 482 g/mol. The molecule has 2 aromatic heterocycles. The van der Waals surface area contributed by atoms with Gasteiger partial charge in [-0.1, -0.05) is 54.6 Å². The molecule has 2 aromatic carbocycles. The van der Waals surface area contributed by atoms with Gasteiger partial charge in [0.2, 0.25) is 0 Å². The monoisotopic (exact) mass is 515 g/mol. The van der Waals surface area contributed by atoms with Gasteiger partial charge < -0.3 is 15.6 Å². The number of ether oxygens (including phenoxy) is 1. The quantitative estimate of drug-likeness (QED) is 0.380. The number of rotatable bonds is 7. The van der Waals surface area contributed by atoms with Gasteiger partial charge in [-0.05, 0) is 30.9 Å². The van der Waals surface area contributed by atoms with Crippen molar-refractivity contribution < 1.29 is 9.84 Å². The van der Waals surface area contributed by atoms with Crippen molar-refractivity contribution in [1.29, 1.82) is 0 Å². The molecule has 4 aromatic rings. The van der Waals surface area contributed by atoms with Crippen LogP contribution >= 0.6 is 11.3 Å². The van der Waals surface area contributed by atoms with Crippen LogP contribution in [0.3, 0.4) is 0 Å². The van der Waals surface area contributed by atoms with Crippen LogP contribution in [0.1, 0.15) is 25.3 Å². The van der Waals surface area contributed by atoms with Crippen molar-refractivity contribution in [1.82, 2.24) is 19.7 Å². The molecule has 0 radical (unpaired) electrons. The lowest BCUT2D eigenvalue weighted by Gasteiger charge is -2.49. The Morgan fingerprint density at radius 3 is 2.41 bits per heavy atom. The molecule has 2 fully saturated rings. The zero-order chi connectivity index (χ0) is 25.5. The first kappa shape index (κ1) is 24.5. The highest BCUT2D eigenvalue weighted by molar-refractivity contribution is 7.19. The van der Waals surface area contributed by atoms with Gasteiger partial charge in [0.05, 0.1) is 42.1 Å². The van der Waals surface area contributed by atoms with Crippen LogP contribution in [0.15, 0.2) is 67.0 Å². The van der Waals surface area contributed by atoms with E-state index in [2.05, 4.69) is 64.7 Å². The Morgan fingerprint density at radius 1 is 0.973 bits per heavy atom. The van der Waals surface area contributed by atoms with Crippen LogP contribution in [0.5, 0.6) is 0 Å². The van der Waals surface area contributed by atoms with E-state index in [0.29, 0.717) is 12.8 Å². The highest BCUT2D eigenvalue weighted by atomic mass is 32.1. The van der Waals surface area contributed by atoms with E-state index in [-0.39, 0.29) is 0 Å². The molecule has 0 bridgehead atoms. The van der Waals surface area contributed by atoms with Gasteiger partial charge in [-0.2, -0.15) is 5.10 Å². The van der Waals surface area contributed by atoms with Gasteiger partial charge in [0.25, 0.3) is 0 Å². The summed E-state index contributed by atoms with van der Waals surface area (Å²) >= 11 is 1.70. The molecule has 7 nitrogen and oxygen atoms in total. The summed E-state index contributed by atoms with van der Waals surface area (Å²) in [6.07, 6.45) is 5.16. The Bertz CT molecular complexity index is 1350. The predicted octanol–water partition coefficient (Wildman–Crippen LogP) is 4.37. The third kappa shape index (κ3) is 5.12. The number of hydrogen-bond donors (Lipinski definition) is 2. The van der Waals surface area contributed by atoms with Crippen LogP contribution in [0.4, 0.5) is 0 Å². The Hall–Kier alpha value is -2.88. The molecule has 0 amide bonds. The summed E-state index contributed by atoms with van der Waals surface area (Å²) in [5.74, 6) is 0. The van der Waals surface area contributed by atoms with E-state index in [4.69, 9.17) is 15.5 Å². The first-order valence-electron chi connectivity index (χ1n) is 12.9. The molecule has 1 aliphatic carbocycles. The van der Waals surface area contributed by atoms with E-state index in [1.54, 1.807) is 11.3 Å². The number of nitrogens with two attached hydrogens (primary N) is 1. The number of morpholine rings is 1. The standard InChI is InChI=1S/C29H33N5O2S/c1-28(35)19-29(30,20-28)24-9-7-21(8-10-24)25-26(22-5-3-2-4-6-22)37-27(32-25)23-17-31-34(18-23)12-11-33-13-15-36-16-14-33/h2-10,17-18,35H,11-16,19-20,30H2,1H3/t28-,29-. The number of nitrogens with zero attached hydrogens (tertiary/aromatic N) is 4. The fraction of sp³-hybridized carbons (Fsp3) is 0.379. The maximum Gasteiger partial charge on any atom is 0.127 e. The van der Waals surface area contributed by atoms with Crippen LogP contribution in [-0.2, 0) is 16.8 Å². The lowest BCUT2D eigenvalue weighted by Crippen LogP contribution is -2.58. The molecule has 6 rings (SSSR count). The Balaban J connectivity index is 1.27. The summed E-state index contributed by atoms with van der Waals surface area (Å²) in [6, 6.07) is 18.8. The summed E-state index contributed by atoms with van der Waals surface area (Å²) in [6.45, 7) is 7.24. The lowest BCUT2D eigenvalue weighted by molar-refractivity contribution is -0.0738. The third-order valence-electron chi connectivity index (χ3n) is 7.42. The Kier molecular flexibility index (Phi) is 6.46. The van der Waals surface area contributed by atoms with Crippen molar-refractivity contribution in [2.24, 2.45) is 5.73 Å². The molecule has 3 N–H and O–H groups in total. The SMILES string of the molecule is C[C@]1(O)C[C@@](N)(c2ccc(-c3nc(-c4cnn(CCN5CCOCC5)c4)sc3-c3ccccc3)cc2)C1. The molecule has 3 heterocycles. The smallest absolute Gasteiger partial charge is 0.127 e. The van der Waals surface area contributed by atoms with Gasteiger partial charge in [-0.15, -0.1) is 11.3 Å². The number of benzene rings is 2. The van der Waals surface area contributed by atoms with Crippen LogP contribution in [0, 0.1) is 0 Å². The molecule has 37 heavy (non-hydrogen) atoms. The highest BCUT2D eigenvalue weighted by Crippen LogP contribution is 2.47. The van der Waals surface area contributed by atoms with E-state index in [9.17, 15) is 5.11 Å². The summed E-state index contributed by atoms with van der Waals surface area (Å²) in [7, 11) is 0. The van der Waals surface area contributed by atoms with Crippen LogP contribution in [0.25, 0.3) is 32.3 Å². The maximum absolute atomic E-state index is 10.2. The minimum Gasteiger partial charge on any atom is -0.390 e. The normalized spacial score (nSPS) is 24.2. The zero-order valence-corrected chi connectivity index (χ0v) is 22.0. The minimum absolute atomic E-state index is 0.465. The number of thiazole rings is 1. The molecule has 1 saturated heterocycles. The highest BCUT2D eigenvalue weighted by Gasteiger charge is 2.49. The molecule has 0 unspecified atom stereocenters. The molecule has 2 aliphatic rings. The molecule has 8 heteroatoms. The predicted molar refractivity (Wildman–Crippen MR) is 147 cm³/mol. The fourth-order valence-corrected chi connectivity index (χ4v) is 6.63. The van der Waals surface area contributed by atoms with Crippen molar-refractivity contribution in [3.05, 3.63) is 72.6 Å². The first-order chi connectivity index (χ1) is 17.9. The van der Waals surface area contributed by atoms with Crippen molar-refractivity contribution >= 4 is 11.3 Å². The van der Waals surface area contributed by atoms with Gasteiger partial charge in [-0.3, -0.25) is 9.58 Å². The second kappa shape index (κ2) is 9.78. The van der Waals surface area contributed by atoms with E-state index in [1.807, 2.05) is 23.9 Å². The Labute approximate surface area is 221 Å². The van der Waals surface area contributed by atoms with Gasteiger partial charge in [0.1, 0.15) is 5.01 Å². The zero-order valence-electron chi connectivity index (χ0n) is 21.1. The average Bonchev–Trinajstić information content (AvgIpc) is 3.55. The number of aliphatic hydroxyl groups is 1. The van der Waals surface area contributed by atoms with E-state index in [1.165, 1.54) is 0 Å². The molecule has 0 spiro atoms. The maximum atomic E-state index is 10.2. The number of hydrogen-bond acceptors (Lipinski definition) is 7. The van der Waals surface area contributed by atoms with Crippen LogP contribution < -0.4 is 5.73 Å². The van der Waals surface area contributed by atoms with Crippen molar-refractivity contribution in [2.45, 2.75) is 37.5 Å². The van der Waals surface area contributed by atoms with Crippen LogP contribution in [0.2, 0.25) is 0 Å². The number of aromatic nitrogens is 3. The summed E-state index contributed by atoms with van der Waals surface area (Å²) < 4.78 is 7.46. The first-order valence-corrected chi connectivity index (χ1v) is 13.7. The van der Waals surface area contributed by atoms with E-state index >= 15 is 0 Å². The molecule has 0 atom stereocenters. The molecule has 192 valence electrons. The van der Waals surface area contributed by atoms with Crippen molar-refractivity contribution in [3.8, 4) is 32.3 Å². The fourth-order valence-electron chi connectivity index (χ4n) is 5.56.